The molecule has 1 aromatic heterocycles. The van der Waals surface area contributed by atoms with Crippen molar-refractivity contribution in [3.05, 3.63) is 51.7 Å². The summed E-state index contributed by atoms with van der Waals surface area (Å²) in [5.41, 5.74) is 9.25. The Balaban J connectivity index is 1.83. The number of hydrogen-bond donors (Lipinski definition) is 1. The SMILES string of the molecule is Cc1ccsc1CCN(C)Cc1ccc(N)cc1. The third-order valence-corrected chi connectivity index (χ3v) is 4.20. The van der Waals surface area contributed by atoms with Gasteiger partial charge in [-0.1, -0.05) is 12.1 Å². The monoisotopic (exact) mass is 260 g/mol. The summed E-state index contributed by atoms with van der Waals surface area (Å²) < 4.78 is 0. The van der Waals surface area contributed by atoms with Crippen LogP contribution in [0.3, 0.4) is 0 Å². The molecule has 2 rings (SSSR count). The maximum Gasteiger partial charge on any atom is 0.0314 e. The third kappa shape index (κ3) is 3.59. The number of benzene rings is 1. The molecule has 3 heteroatoms. The lowest BCUT2D eigenvalue weighted by Crippen LogP contribution is -2.20. The van der Waals surface area contributed by atoms with Crippen LogP contribution in [0.25, 0.3) is 0 Å². The number of anilines is 1. The number of thiophene rings is 1. The Morgan fingerprint density at radius 3 is 2.50 bits per heavy atom. The van der Waals surface area contributed by atoms with Crippen LogP contribution in [0.15, 0.2) is 35.7 Å². The van der Waals surface area contributed by atoms with Crippen molar-refractivity contribution in [2.24, 2.45) is 0 Å². The normalized spacial score (nSPS) is 11.1. The Morgan fingerprint density at radius 2 is 1.89 bits per heavy atom. The van der Waals surface area contributed by atoms with Gasteiger partial charge in [-0.05, 0) is 55.1 Å². The molecule has 0 fully saturated rings. The molecule has 1 aromatic carbocycles. The molecule has 0 aliphatic heterocycles. The van der Waals surface area contributed by atoms with Crippen LogP contribution >= 0.6 is 11.3 Å². The van der Waals surface area contributed by atoms with Gasteiger partial charge in [0.1, 0.15) is 0 Å². The maximum atomic E-state index is 5.68. The van der Waals surface area contributed by atoms with Crippen LogP contribution < -0.4 is 5.73 Å². The molecule has 0 aliphatic carbocycles. The van der Waals surface area contributed by atoms with Crippen molar-refractivity contribution < 1.29 is 0 Å². The average Bonchev–Trinajstić information content (AvgIpc) is 2.75. The molecule has 0 unspecified atom stereocenters. The first-order valence-corrected chi connectivity index (χ1v) is 7.09. The van der Waals surface area contributed by atoms with Crippen molar-refractivity contribution in [1.82, 2.24) is 4.90 Å². The first-order valence-electron chi connectivity index (χ1n) is 6.21. The number of nitrogens with two attached hydrogens (primary N) is 1. The average molecular weight is 260 g/mol. The van der Waals surface area contributed by atoms with Crippen molar-refractivity contribution in [2.75, 3.05) is 19.3 Å². The summed E-state index contributed by atoms with van der Waals surface area (Å²) in [5.74, 6) is 0. The quantitative estimate of drug-likeness (QED) is 0.836. The van der Waals surface area contributed by atoms with Gasteiger partial charge in [-0.2, -0.15) is 0 Å². The van der Waals surface area contributed by atoms with E-state index in [4.69, 9.17) is 5.73 Å². The van der Waals surface area contributed by atoms with E-state index in [0.29, 0.717) is 0 Å². The van der Waals surface area contributed by atoms with Crippen molar-refractivity contribution in [3.8, 4) is 0 Å². The second-order valence-corrected chi connectivity index (χ2v) is 5.76. The van der Waals surface area contributed by atoms with Crippen molar-refractivity contribution in [1.29, 1.82) is 0 Å². The highest BCUT2D eigenvalue weighted by Crippen LogP contribution is 2.16. The van der Waals surface area contributed by atoms with Crippen molar-refractivity contribution >= 4 is 17.0 Å². The van der Waals surface area contributed by atoms with Gasteiger partial charge in [-0.3, -0.25) is 0 Å². The molecule has 1 heterocycles. The maximum absolute atomic E-state index is 5.68. The van der Waals surface area contributed by atoms with Gasteiger partial charge < -0.3 is 10.6 Å². The fourth-order valence-electron chi connectivity index (χ4n) is 1.97. The Hall–Kier alpha value is -1.32. The number of aryl methyl sites for hydroxylation is 1. The molecule has 96 valence electrons. The summed E-state index contributed by atoms with van der Waals surface area (Å²) in [5, 5.41) is 2.17. The molecule has 0 radical (unpaired) electrons. The Labute approximate surface area is 113 Å². The molecule has 2 N–H and O–H groups in total. The molecule has 0 atom stereocenters. The van der Waals surface area contributed by atoms with Gasteiger partial charge in [0.05, 0.1) is 0 Å². The van der Waals surface area contributed by atoms with E-state index in [1.807, 2.05) is 23.5 Å². The van der Waals surface area contributed by atoms with E-state index >= 15 is 0 Å². The van der Waals surface area contributed by atoms with Crippen LogP contribution in [0.5, 0.6) is 0 Å². The first-order chi connectivity index (χ1) is 8.65. The van der Waals surface area contributed by atoms with E-state index in [0.717, 1.165) is 25.2 Å². The van der Waals surface area contributed by atoms with Crippen LogP contribution in [0.4, 0.5) is 5.69 Å². The molecule has 0 amide bonds. The zero-order valence-corrected chi connectivity index (χ0v) is 11.8. The molecule has 0 spiro atoms. The molecule has 0 saturated heterocycles. The molecular weight excluding hydrogens is 240 g/mol. The van der Waals surface area contributed by atoms with E-state index in [1.165, 1.54) is 16.0 Å². The highest BCUT2D eigenvalue weighted by atomic mass is 32.1. The summed E-state index contributed by atoms with van der Waals surface area (Å²) in [6.07, 6.45) is 1.13. The lowest BCUT2D eigenvalue weighted by atomic mass is 10.2. The second-order valence-electron chi connectivity index (χ2n) is 4.76. The van der Waals surface area contributed by atoms with Gasteiger partial charge in [0, 0.05) is 23.7 Å². The first kappa shape index (κ1) is 13.1. The summed E-state index contributed by atoms with van der Waals surface area (Å²) in [4.78, 5) is 3.85. The largest absolute Gasteiger partial charge is 0.399 e. The van der Waals surface area contributed by atoms with Gasteiger partial charge in [-0.25, -0.2) is 0 Å². The van der Waals surface area contributed by atoms with Gasteiger partial charge in [0.2, 0.25) is 0 Å². The molecular formula is C15H20N2S. The van der Waals surface area contributed by atoms with Crippen molar-refractivity contribution in [3.63, 3.8) is 0 Å². The zero-order chi connectivity index (χ0) is 13.0. The van der Waals surface area contributed by atoms with Crippen LogP contribution in [0.2, 0.25) is 0 Å². The molecule has 2 aromatic rings. The molecule has 18 heavy (non-hydrogen) atoms. The Morgan fingerprint density at radius 1 is 1.17 bits per heavy atom. The number of likely N-dealkylation sites (N-methyl/N-ethyl adjacent to an activating group) is 1. The van der Waals surface area contributed by atoms with Crippen LogP contribution in [0.1, 0.15) is 16.0 Å². The Kier molecular flexibility index (Phi) is 4.39. The van der Waals surface area contributed by atoms with Gasteiger partial charge in [0.25, 0.3) is 0 Å². The number of nitrogens with zero attached hydrogens (tertiary/aromatic N) is 1. The number of hydrogen-bond acceptors (Lipinski definition) is 3. The van der Waals surface area contributed by atoms with Crippen LogP contribution in [-0.2, 0) is 13.0 Å². The minimum atomic E-state index is 0.829. The van der Waals surface area contributed by atoms with Gasteiger partial charge >= 0.3 is 0 Å². The molecule has 0 aliphatic rings. The van der Waals surface area contributed by atoms with E-state index < -0.39 is 0 Å². The molecule has 0 bridgehead atoms. The minimum Gasteiger partial charge on any atom is -0.399 e. The highest BCUT2D eigenvalue weighted by molar-refractivity contribution is 7.10. The fraction of sp³-hybridized carbons (Fsp3) is 0.333. The molecule has 2 nitrogen and oxygen atoms in total. The lowest BCUT2D eigenvalue weighted by molar-refractivity contribution is 0.332. The van der Waals surface area contributed by atoms with E-state index in [2.05, 4.69) is 42.5 Å². The highest BCUT2D eigenvalue weighted by Gasteiger charge is 2.04. The fourth-order valence-corrected chi connectivity index (χ4v) is 2.87. The molecule has 0 saturated carbocycles. The summed E-state index contributed by atoms with van der Waals surface area (Å²) >= 11 is 1.86. The van der Waals surface area contributed by atoms with Crippen molar-refractivity contribution in [2.45, 2.75) is 19.9 Å². The predicted molar refractivity (Wildman–Crippen MR) is 79.9 cm³/mol. The van der Waals surface area contributed by atoms with E-state index in [1.54, 1.807) is 0 Å². The van der Waals surface area contributed by atoms with Gasteiger partial charge in [0.15, 0.2) is 0 Å². The summed E-state index contributed by atoms with van der Waals surface area (Å²) in [6.45, 7) is 4.25. The topological polar surface area (TPSA) is 29.3 Å². The Bertz CT molecular complexity index is 487. The minimum absolute atomic E-state index is 0.829. The third-order valence-electron chi connectivity index (χ3n) is 3.12. The summed E-state index contributed by atoms with van der Waals surface area (Å²) in [6, 6.07) is 10.3. The van der Waals surface area contributed by atoms with Crippen LogP contribution in [0, 0.1) is 6.92 Å². The zero-order valence-electron chi connectivity index (χ0n) is 11.0. The van der Waals surface area contributed by atoms with Crippen LogP contribution in [-0.4, -0.2) is 18.5 Å². The predicted octanol–water partition coefficient (Wildman–Crippen LogP) is 3.31. The smallest absolute Gasteiger partial charge is 0.0314 e. The summed E-state index contributed by atoms with van der Waals surface area (Å²) in [7, 11) is 2.17. The number of nitrogen functional groups attached to an aromatic ring is 1. The van der Waals surface area contributed by atoms with E-state index in [-0.39, 0.29) is 0 Å². The van der Waals surface area contributed by atoms with Gasteiger partial charge in [-0.15, -0.1) is 11.3 Å². The standard InChI is InChI=1S/C15H20N2S/c1-12-8-10-18-15(12)7-9-17(2)11-13-3-5-14(16)6-4-13/h3-6,8,10H,7,9,11,16H2,1-2H3. The second kappa shape index (κ2) is 6.03. The van der Waals surface area contributed by atoms with E-state index in [9.17, 15) is 0 Å². The lowest BCUT2D eigenvalue weighted by Gasteiger charge is -2.16. The number of rotatable bonds is 5.